The minimum atomic E-state index is 0. The zero-order valence-electron chi connectivity index (χ0n) is 5.46. The molecular formula is C6H10CrNO-. The first-order valence-electron chi connectivity index (χ1n) is 2.99. The second-order valence-electron chi connectivity index (χ2n) is 2.28. The van der Waals surface area contributed by atoms with Crippen LogP contribution in [0.3, 0.4) is 0 Å². The molecule has 1 fully saturated rings. The predicted octanol–water partition coefficient (Wildman–Crippen LogP) is 0.535. The third-order valence-electron chi connectivity index (χ3n) is 1.67. The summed E-state index contributed by atoms with van der Waals surface area (Å²) in [7, 11) is 0. The van der Waals surface area contributed by atoms with Crippen molar-refractivity contribution in [2.24, 2.45) is 0 Å². The van der Waals surface area contributed by atoms with Gasteiger partial charge in [-0.1, -0.05) is 0 Å². The SMILES string of the molecule is CC1CCCN1[C-]=O.[Cr]. The monoisotopic (exact) mass is 164 g/mol. The maximum Gasteiger partial charge on any atom is 0 e. The van der Waals surface area contributed by atoms with Gasteiger partial charge in [0.2, 0.25) is 0 Å². The first kappa shape index (κ1) is 9.00. The van der Waals surface area contributed by atoms with Crippen molar-refractivity contribution in [3.05, 3.63) is 0 Å². The summed E-state index contributed by atoms with van der Waals surface area (Å²) in [5, 5.41) is 0. The summed E-state index contributed by atoms with van der Waals surface area (Å²) in [6, 6.07) is 0.437. The van der Waals surface area contributed by atoms with Gasteiger partial charge < -0.3 is 9.69 Å². The molecule has 0 aromatic heterocycles. The molecule has 1 atom stereocenters. The molecule has 52 valence electrons. The molecule has 1 heterocycles. The van der Waals surface area contributed by atoms with Gasteiger partial charge in [0, 0.05) is 17.4 Å². The number of carbonyl (C=O) groups excluding carboxylic acids is 1. The second kappa shape index (κ2) is 3.92. The maximum atomic E-state index is 10.0. The molecule has 0 aromatic rings. The third-order valence-corrected chi connectivity index (χ3v) is 1.67. The van der Waals surface area contributed by atoms with E-state index >= 15 is 0 Å². The van der Waals surface area contributed by atoms with Gasteiger partial charge in [0.05, 0.1) is 0 Å². The van der Waals surface area contributed by atoms with E-state index in [0.29, 0.717) is 6.04 Å². The Bertz CT molecular complexity index is 97.1. The van der Waals surface area contributed by atoms with Gasteiger partial charge in [-0.3, -0.25) is 0 Å². The summed E-state index contributed by atoms with van der Waals surface area (Å²) in [5.41, 5.74) is 0. The average Bonchev–Trinajstić information content (AvgIpc) is 2.14. The summed E-state index contributed by atoms with van der Waals surface area (Å²) < 4.78 is 0. The molecule has 0 spiro atoms. The molecule has 1 aliphatic rings. The van der Waals surface area contributed by atoms with Crippen molar-refractivity contribution in [1.29, 1.82) is 0 Å². The first-order valence-corrected chi connectivity index (χ1v) is 2.99. The van der Waals surface area contributed by atoms with Gasteiger partial charge in [0.25, 0.3) is 0 Å². The number of likely N-dealkylation sites (tertiary alicyclic amines) is 1. The van der Waals surface area contributed by atoms with Crippen LogP contribution in [0.5, 0.6) is 0 Å². The van der Waals surface area contributed by atoms with E-state index in [1.807, 2.05) is 6.41 Å². The van der Waals surface area contributed by atoms with E-state index in [4.69, 9.17) is 0 Å². The van der Waals surface area contributed by atoms with Crippen molar-refractivity contribution in [2.75, 3.05) is 6.54 Å². The summed E-state index contributed by atoms with van der Waals surface area (Å²) in [6.07, 6.45) is 4.19. The molecule has 3 heteroatoms. The maximum absolute atomic E-state index is 10.0. The Labute approximate surface area is 66.4 Å². The zero-order chi connectivity index (χ0) is 5.98. The Hall–Kier alpha value is 0.00247. The van der Waals surface area contributed by atoms with Gasteiger partial charge in [0.1, 0.15) is 0 Å². The molecule has 0 aromatic carbocycles. The van der Waals surface area contributed by atoms with E-state index in [2.05, 4.69) is 6.92 Å². The predicted molar refractivity (Wildman–Crippen MR) is 31.1 cm³/mol. The van der Waals surface area contributed by atoms with Crippen molar-refractivity contribution >= 4 is 6.41 Å². The number of hydrogen-bond acceptors (Lipinski definition) is 1. The average molecular weight is 164 g/mol. The van der Waals surface area contributed by atoms with Gasteiger partial charge in [-0.15, -0.1) is 0 Å². The number of amides is 1. The van der Waals surface area contributed by atoms with Gasteiger partial charge in [-0.2, -0.15) is 6.41 Å². The van der Waals surface area contributed by atoms with Gasteiger partial charge in [-0.05, 0) is 32.4 Å². The van der Waals surface area contributed by atoms with Crippen LogP contribution in [0.15, 0.2) is 0 Å². The van der Waals surface area contributed by atoms with Crippen LogP contribution < -0.4 is 0 Å². The molecule has 1 amide bonds. The van der Waals surface area contributed by atoms with Gasteiger partial charge in [-0.25, -0.2) is 0 Å². The summed E-state index contributed by atoms with van der Waals surface area (Å²) in [5.74, 6) is 0. The molecule has 0 saturated carbocycles. The molecular weight excluding hydrogens is 154 g/mol. The Balaban J connectivity index is 0.000000640. The molecule has 1 saturated heterocycles. The fraction of sp³-hybridized carbons (Fsp3) is 0.833. The molecule has 1 aliphatic heterocycles. The van der Waals surface area contributed by atoms with Gasteiger partial charge in [0.15, 0.2) is 0 Å². The fourth-order valence-corrected chi connectivity index (χ4v) is 1.07. The second-order valence-corrected chi connectivity index (χ2v) is 2.28. The smallest absolute Gasteiger partial charge is 0 e. The van der Waals surface area contributed by atoms with Crippen LogP contribution in [-0.4, -0.2) is 23.9 Å². The molecule has 0 aliphatic carbocycles. The Morgan fingerprint density at radius 2 is 2.33 bits per heavy atom. The normalized spacial score (nSPS) is 25.4. The van der Waals surface area contributed by atoms with E-state index in [1.165, 1.54) is 0 Å². The quantitative estimate of drug-likeness (QED) is 0.518. The molecule has 9 heavy (non-hydrogen) atoms. The van der Waals surface area contributed by atoms with Crippen LogP contribution in [0.2, 0.25) is 0 Å². The van der Waals surface area contributed by atoms with Crippen molar-refractivity contribution in [1.82, 2.24) is 4.90 Å². The van der Waals surface area contributed by atoms with E-state index in [1.54, 1.807) is 4.90 Å². The van der Waals surface area contributed by atoms with E-state index in [9.17, 15) is 4.79 Å². The van der Waals surface area contributed by atoms with E-state index < -0.39 is 0 Å². The number of nitrogens with zero attached hydrogens (tertiary/aromatic N) is 1. The molecule has 1 unspecified atom stereocenters. The van der Waals surface area contributed by atoms with Crippen LogP contribution >= 0.6 is 0 Å². The van der Waals surface area contributed by atoms with Crippen LogP contribution in [0, 0.1) is 0 Å². The Morgan fingerprint density at radius 3 is 2.56 bits per heavy atom. The van der Waals surface area contributed by atoms with Crippen molar-refractivity contribution in [3.63, 3.8) is 0 Å². The fourth-order valence-electron chi connectivity index (χ4n) is 1.07. The Morgan fingerprint density at radius 1 is 1.67 bits per heavy atom. The number of hydrogen-bond donors (Lipinski definition) is 0. The third kappa shape index (κ3) is 2.00. The summed E-state index contributed by atoms with van der Waals surface area (Å²) >= 11 is 0. The zero-order valence-corrected chi connectivity index (χ0v) is 6.74. The van der Waals surface area contributed by atoms with Crippen molar-refractivity contribution in [2.45, 2.75) is 25.8 Å². The standard InChI is InChI=1S/C6H10NO.Cr/c1-6-3-2-4-7(6)5-8;/h6H,2-4H2,1H3;/q-1;. The van der Waals surface area contributed by atoms with Crippen molar-refractivity contribution in [3.8, 4) is 0 Å². The molecule has 1 rings (SSSR count). The largest absolute Gasteiger partial charge is 0.520 e. The number of rotatable bonds is 1. The van der Waals surface area contributed by atoms with Crippen molar-refractivity contribution < 1.29 is 22.2 Å². The topological polar surface area (TPSA) is 20.3 Å². The van der Waals surface area contributed by atoms with Crippen LogP contribution in [0.25, 0.3) is 0 Å². The molecule has 0 bridgehead atoms. The summed E-state index contributed by atoms with van der Waals surface area (Å²) in [6.45, 7) is 2.96. The molecule has 0 N–H and O–H groups in total. The minimum Gasteiger partial charge on any atom is -0.520 e. The van der Waals surface area contributed by atoms with Crippen LogP contribution in [0.1, 0.15) is 19.8 Å². The minimum absolute atomic E-state index is 0. The van der Waals surface area contributed by atoms with Crippen LogP contribution in [-0.2, 0) is 22.2 Å². The summed E-state index contributed by atoms with van der Waals surface area (Å²) in [4.78, 5) is 11.7. The first-order chi connectivity index (χ1) is 3.84. The van der Waals surface area contributed by atoms with E-state index in [-0.39, 0.29) is 17.4 Å². The van der Waals surface area contributed by atoms with E-state index in [0.717, 1.165) is 19.4 Å². The van der Waals surface area contributed by atoms with Gasteiger partial charge >= 0.3 is 0 Å². The Kier molecular flexibility index (Phi) is 3.92. The molecule has 0 radical (unpaired) electrons. The van der Waals surface area contributed by atoms with Crippen LogP contribution in [0.4, 0.5) is 0 Å². The molecule has 2 nitrogen and oxygen atoms in total.